The van der Waals surface area contributed by atoms with Crippen LogP contribution in [0.15, 0.2) is 97.3 Å². The highest BCUT2D eigenvalue weighted by molar-refractivity contribution is 6.21. The van der Waals surface area contributed by atoms with E-state index >= 15 is 0 Å². The Morgan fingerprint density at radius 1 is 0.773 bits per heavy atom. The third kappa shape index (κ3) is 4.33. The second kappa shape index (κ2) is 10.4. The summed E-state index contributed by atoms with van der Waals surface area (Å²) in [5, 5.41) is 1.06. The van der Waals surface area contributed by atoms with Gasteiger partial charge in [0.05, 0.1) is 22.3 Å². The number of imidazole rings is 1. The number of nitrogens with zero attached hydrogens (tertiary/aromatic N) is 5. The van der Waals surface area contributed by atoms with E-state index in [9.17, 15) is 9.59 Å². The molecule has 8 heteroatoms. The Balaban J connectivity index is 1.07. The molecule has 3 aromatic heterocycles. The first-order valence-corrected chi connectivity index (χ1v) is 15.1. The Labute approximate surface area is 254 Å². The molecule has 0 saturated heterocycles. The summed E-state index contributed by atoms with van der Waals surface area (Å²) in [6.45, 7) is 0.457. The fourth-order valence-electron chi connectivity index (χ4n) is 6.88. The molecule has 216 valence electrons. The fraction of sp³-hybridized carbons (Fsp3) is 0.194. The summed E-state index contributed by atoms with van der Waals surface area (Å²) >= 11 is 0. The number of benzene rings is 3. The predicted molar refractivity (Wildman–Crippen MR) is 170 cm³/mol. The van der Waals surface area contributed by atoms with Gasteiger partial charge in [-0.25, -0.2) is 15.0 Å². The maximum absolute atomic E-state index is 12.9. The van der Waals surface area contributed by atoms with Crippen molar-refractivity contribution in [3.8, 4) is 22.5 Å². The number of aromatic nitrogens is 4. The number of carbonyl (C=O) groups is 2. The van der Waals surface area contributed by atoms with E-state index in [0.29, 0.717) is 23.5 Å². The molecule has 2 aliphatic rings. The molecule has 2 amide bonds. The second-order valence-electron chi connectivity index (χ2n) is 11.8. The highest BCUT2D eigenvalue weighted by Crippen LogP contribution is 2.40. The van der Waals surface area contributed by atoms with Gasteiger partial charge in [0.25, 0.3) is 11.8 Å². The molecule has 44 heavy (non-hydrogen) atoms. The Morgan fingerprint density at radius 2 is 1.48 bits per heavy atom. The summed E-state index contributed by atoms with van der Waals surface area (Å²) in [7, 11) is 0. The van der Waals surface area contributed by atoms with Crippen LogP contribution in [-0.4, -0.2) is 42.6 Å². The molecule has 3 aromatic carbocycles. The molecule has 0 radical (unpaired) electrons. The zero-order valence-corrected chi connectivity index (χ0v) is 24.1. The summed E-state index contributed by atoms with van der Waals surface area (Å²) in [6, 6.07) is 27.6. The number of imide groups is 1. The molecule has 8 nitrogen and oxygen atoms in total. The van der Waals surface area contributed by atoms with Crippen LogP contribution in [0.4, 0.5) is 5.82 Å². The average Bonchev–Trinajstić information content (AvgIpc) is 3.58. The predicted octanol–water partition coefficient (Wildman–Crippen LogP) is 6.76. The summed E-state index contributed by atoms with van der Waals surface area (Å²) < 4.78 is 2.09. The molecule has 1 aliphatic heterocycles. The van der Waals surface area contributed by atoms with E-state index in [-0.39, 0.29) is 23.7 Å². The minimum Gasteiger partial charge on any atom is -0.382 e. The van der Waals surface area contributed by atoms with Crippen molar-refractivity contribution in [2.24, 2.45) is 5.92 Å². The number of pyridine rings is 1. The van der Waals surface area contributed by atoms with E-state index < -0.39 is 0 Å². The molecule has 6 aromatic rings. The number of anilines is 1. The number of carbonyl (C=O) groups excluding carboxylic acids is 2. The van der Waals surface area contributed by atoms with Crippen LogP contribution in [0.2, 0.25) is 0 Å². The van der Waals surface area contributed by atoms with Crippen LogP contribution in [-0.2, 0) is 0 Å². The third-order valence-electron chi connectivity index (χ3n) is 9.18. The van der Waals surface area contributed by atoms with Crippen LogP contribution in [0.3, 0.4) is 0 Å². The molecule has 4 heterocycles. The molecular formula is C36H30N6O2. The summed E-state index contributed by atoms with van der Waals surface area (Å²) in [4.78, 5) is 41.9. The summed E-state index contributed by atoms with van der Waals surface area (Å²) in [5.74, 6) is 1.53. The minimum absolute atomic E-state index is 0.180. The zero-order valence-electron chi connectivity index (χ0n) is 24.1. The maximum Gasteiger partial charge on any atom is 0.261 e. The Hall–Kier alpha value is -5.37. The van der Waals surface area contributed by atoms with Gasteiger partial charge >= 0.3 is 0 Å². The topological polar surface area (TPSA) is 106 Å². The molecular weight excluding hydrogens is 548 g/mol. The van der Waals surface area contributed by atoms with Gasteiger partial charge in [0.2, 0.25) is 0 Å². The number of rotatable bonds is 5. The summed E-state index contributed by atoms with van der Waals surface area (Å²) in [6.07, 6.45) is 7.30. The van der Waals surface area contributed by atoms with Gasteiger partial charge in [-0.3, -0.25) is 18.9 Å². The monoisotopic (exact) mass is 578 g/mol. The first kappa shape index (κ1) is 26.3. The lowest BCUT2D eigenvalue weighted by Crippen LogP contribution is -2.35. The van der Waals surface area contributed by atoms with Crippen LogP contribution in [0.1, 0.15) is 58.1 Å². The van der Waals surface area contributed by atoms with Crippen molar-refractivity contribution in [3.63, 3.8) is 0 Å². The fourth-order valence-corrected chi connectivity index (χ4v) is 6.88. The van der Waals surface area contributed by atoms with E-state index in [2.05, 4.69) is 45.8 Å². The van der Waals surface area contributed by atoms with E-state index in [4.69, 9.17) is 15.7 Å². The van der Waals surface area contributed by atoms with Crippen LogP contribution in [0.25, 0.3) is 38.9 Å². The van der Waals surface area contributed by atoms with Gasteiger partial charge in [-0.1, -0.05) is 60.7 Å². The standard InChI is InChI=1S/C36H30N6O2/c37-33-32-31(26-15-14-24-16-17-29(39-30(24)20-26)23-6-2-1-3-7-23)40-34(41(32)19-18-38-33)25-12-10-22(11-13-25)21-42-35(43)27-8-4-5-9-28(27)36(42)44/h1-9,14-20,22,25H,10-13,21H2,(H2,37,38). The second-order valence-corrected chi connectivity index (χ2v) is 11.8. The van der Waals surface area contributed by atoms with Crippen molar-refractivity contribution in [2.75, 3.05) is 12.3 Å². The van der Waals surface area contributed by atoms with Crippen molar-refractivity contribution in [1.82, 2.24) is 24.3 Å². The molecule has 2 N–H and O–H groups in total. The molecule has 0 bridgehead atoms. The number of amides is 2. The molecule has 0 unspecified atom stereocenters. The third-order valence-corrected chi connectivity index (χ3v) is 9.18. The quantitative estimate of drug-likeness (QED) is 0.227. The molecule has 1 aliphatic carbocycles. The zero-order chi connectivity index (χ0) is 29.8. The van der Waals surface area contributed by atoms with Crippen molar-refractivity contribution >= 4 is 34.1 Å². The number of hydrogen-bond donors (Lipinski definition) is 1. The van der Waals surface area contributed by atoms with Gasteiger partial charge in [-0.2, -0.15) is 0 Å². The molecule has 1 fully saturated rings. The van der Waals surface area contributed by atoms with Gasteiger partial charge < -0.3 is 5.73 Å². The first-order valence-electron chi connectivity index (χ1n) is 15.1. The molecule has 1 saturated carbocycles. The molecule has 0 atom stereocenters. The number of nitrogen functional groups attached to an aromatic ring is 1. The van der Waals surface area contributed by atoms with Crippen LogP contribution < -0.4 is 5.73 Å². The Morgan fingerprint density at radius 3 is 2.23 bits per heavy atom. The highest BCUT2D eigenvalue weighted by atomic mass is 16.2. The number of hydrogen-bond acceptors (Lipinski definition) is 6. The Bertz CT molecular complexity index is 2040. The van der Waals surface area contributed by atoms with Crippen LogP contribution in [0, 0.1) is 5.92 Å². The highest BCUT2D eigenvalue weighted by Gasteiger charge is 2.37. The maximum atomic E-state index is 12.9. The normalized spacial score (nSPS) is 18.3. The van der Waals surface area contributed by atoms with Gasteiger partial charge in [-0.05, 0) is 55.9 Å². The summed E-state index contributed by atoms with van der Waals surface area (Å²) in [5.41, 5.74) is 12.9. The lowest BCUT2D eigenvalue weighted by Gasteiger charge is -2.30. The van der Waals surface area contributed by atoms with Crippen molar-refractivity contribution in [3.05, 3.63) is 114 Å². The van der Waals surface area contributed by atoms with Crippen LogP contribution >= 0.6 is 0 Å². The van der Waals surface area contributed by atoms with Crippen molar-refractivity contribution < 1.29 is 9.59 Å². The molecule has 8 rings (SSSR count). The number of nitrogens with two attached hydrogens (primary N) is 1. The Kier molecular flexibility index (Phi) is 6.22. The van der Waals surface area contributed by atoms with E-state index in [0.717, 1.165) is 70.4 Å². The SMILES string of the molecule is Nc1nccn2c(C3CCC(CN4C(=O)c5ccccc5C4=O)CC3)nc(-c3ccc4ccc(-c5ccccc5)nc4c3)c12. The van der Waals surface area contributed by atoms with Crippen LogP contribution in [0.5, 0.6) is 0 Å². The van der Waals surface area contributed by atoms with Crippen molar-refractivity contribution in [2.45, 2.75) is 31.6 Å². The van der Waals surface area contributed by atoms with Crippen molar-refractivity contribution in [1.29, 1.82) is 0 Å². The van der Waals surface area contributed by atoms with Gasteiger partial charge in [0, 0.05) is 41.4 Å². The lowest BCUT2D eigenvalue weighted by atomic mass is 9.81. The first-order chi connectivity index (χ1) is 21.5. The molecule has 0 spiro atoms. The largest absolute Gasteiger partial charge is 0.382 e. The minimum atomic E-state index is -0.180. The van der Waals surface area contributed by atoms with E-state index in [1.807, 2.05) is 30.5 Å². The van der Waals surface area contributed by atoms with Gasteiger partial charge in [0.1, 0.15) is 22.9 Å². The lowest BCUT2D eigenvalue weighted by molar-refractivity contribution is 0.0614. The van der Waals surface area contributed by atoms with Gasteiger partial charge in [-0.15, -0.1) is 0 Å². The van der Waals surface area contributed by atoms with E-state index in [1.54, 1.807) is 30.5 Å². The van der Waals surface area contributed by atoms with Gasteiger partial charge in [0.15, 0.2) is 0 Å². The number of fused-ring (bicyclic) bond motifs is 3. The smallest absolute Gasteiger partial charge is 0.261 e. The average molecular weight is 579 g/mol. The van der Waals surface area contributed by atoms with E-state index in [1.165, 1.54) is 4.90 Å².